The molecule has 0 aliphatic carbocycles. The minimum Gasteiger partial charge on any atom is -0.466 e. The van der Waals surface area contributed by atoms with Crippen molar-refractivity contribution < 1.29 is 24.5 Å². The number of aliphatic hydroxyl groups is 2. The average Bonchev–Trinajstić information content (AvgIpc) is 3.36. The van der Waals surface area contributed by atoms with Crippen LogP contribution >= 0.6 is 0 Å². The van der Waals surface area contributed by atoms with Crippen molar-refractivity contribution >= 4 is 11.9 Å². The van der Waals surface area contributed by atoms with Gasteiger partial charge >= 0.3 is 5.97 Å². The predicted molar refractivity (Wildman–Crippen MR) is 306 cm³/mol. The van der Waals surface area contributed by atoms with Crippen LogP contribution in [0.2, 0.25) is 0 Å². The van der Waals surface area contributed by atoms with Crippen LogP contribution in [0.5, 0.6) is 0 Å². The number of amides is 1. The van der Waals surface area contributed by atoms with Crippen LogP contribution in [-0.2, 0) is 14.3 Å². The van der Waals surface area contributed by atoms with Crippen molar-refractivity contribution in [2.24, 2.45) is 0 Å². The molecule has 6 heteroatoms. The Labute approximate surface area is 437 Å². The van der Waals surface area contributed by atoms with Crippen molar-refractivity contribution in [3.05, 3.63) is 24.3 Å². The second-order valence-corrected chi connectivity index (χ2v) is 21.7. The highest BCUT2D eigenvalue weighted by Gasteiger charge is 2.18. The van der Waals surface area contributed by atoms with E-state index in [1.54, 1.807) is 6.08 Å². The Morgan fingerprint density at radius 3 is 1.01 bits per heavy atom. The Balaban J connectivity index is 3.32. The lowest BCUT2D eigenvalue weighted by molar-refractivity contribution is -0.143. The number of carbonyl (C=O) groups excluding carboxylic acids is 2. The van der Waals surface area contributed by atoms with Gasteiger partial charge in [0.15, 0.2) is 0 Å². The topological polar surface area (TPSA) is 95.9 Å². The maximum Gasteiger partial charge on any atom is 0.305 e. The second-order valence-electron chi connectivity index (χ2n) is 21.7. The Morgan fingerprint density at radius 1 is 0.386 bits per heavy atom. The van der Waals surface area contributed by atoms with Gasteiger partial charge in [0.25, 0.3) is 0 Å². The van der Waals surface area contributed by atoms with Crippen molar-refractivity contribution in [2.45, 2.75) is 360 Å². The van der Waals surface area contributed by atoms with Crippen LogP contribution in [0.4, 0.5) is 0 Å². The number of hydrogen-bond acceptors (Lipinski definition) is 5. The number of esters is 1. The van der Waals surface area contributed by atoms with Crippen LogP contribution in [0.3, 0.4) is 0 Å². The van der Waals surface area contributed by atoms with E-state index in [1.807, 2.05) is 6.08 Å². The zero-order chi connectivity index (χ0) is 50.7. The normalized spacial score (nSPS) is 12.7. The van der Waals surface area contributed by atoms with Gasteiger partial charge in [-0.05, 0) is 57.8 Å². The molecule has 2 atom stereocenters. The maximum atomic E-state index is 12.4. The number of ether oxygens (including phenoxy) is 1. The van der Waals surface area contributed by atoms with Crippen LogP contribution in [0.1, 0.15) is 348 Å². The summed E-state index contributed by atoms with van der Waals surface area (Å²) in [4.78, 5) is 24.5. The summed E-state index contributed by atoms with van der Waals surface area (Å²) in [6.45, 7) is 4.89. The summed E-state index contributed by atoms with van der Waals surface area (Å²) in [5.74, 6) is -0.0525. The highest BCUT2D eigenvalue weighted by atomic mass is 16.5. The molecule has 0 radical (unpaired) electrons. The standard InChI is InChI=1S/C64H123NO5/c1-3-5-7-9-11-13-14-15-16-28-32-35-38-42-46-50-54-58-64(69)70-59-55-51-47-43-39-36-33-30-27-25-23-21-19-17-18-20-22-24-26-29-31-34-37-41-45-49-53-57-63(68)65-61(60-66)62(67)56-52-48-44-40-12-10-8-6-4-2/h15-16,52,56,61-62,66-67H,3-14,17-51,53-55,57-60H2,1-2H3,(H,65,68)/b16-15-,56-52+. The minimum atomic E-state index is -0.840. The molecular weight excluding hydrogens is 863 g/mol. The third kappa shape index (κ3) is 55.7. The molecule has 1 amide bonds. The van der Waals surface area contributed by atoms with Crippen molar-refractivity contribution in [3.63, 3.8) is 0 Å². The summed E-state index contributed by atoms with van der Waals surface area (Å²) in [6, 6.07) is -0.623. The number of aliphatic hydroxyl groups excluding tert-OH is 2. The molecule has 0 saturated heterocycles. The summed E-state index contributed by atoms with van der Waals surface area (Å²) < 4.78 is 5.50. The van der Waals surface area contributed by atoms with Gasteiger partial charge < -0.3 is 20.3 Å². The van der Waals surface area contributed by atoms with E-state index >= 15 is 0 Å². The lowest BCUT2D eigenvalue weighted by Crippen LogP contribution is -2.45. The third-order valence-electron chi connectivity index (χ3n) is 14.7. The molecule has 0 aromatic heterocycles. The number of allylic oxidation sites excluding steroid dienone is 3. The Kier molecular flexibility index (Phi) is 58.5. The molecule has 0 spiro atoms. The molecule has 414 valence electrons. The fraction of sp³-hybridized carbons (Fsp3) is 0.906. The molecule has 2 unspecified atom stereocenters. The predicted octanol–water partition coefficient (Wildman–Crippen LogP) is 19.8. The molecule has 6 nitrogen and oxygen atoms in total. The van der Waals surface area contributed by atoms with E-state index in [0.717, 1.165) is 44.9 Å². The summed E-state index contributed by atoms with van der Waals surface area (Å²) in [5.41, 5.74) is 0. The maximum absolute atomic E-state index is 12.4. The monoisotopic (exact) mass is 986 g/mol. The van der Waals surface area contributed by atoms with Gasteiger partial charge in [-0.3, -0.25) is 9.59 Å². The molecule has 0 aliphatic rings. The Hall–Kier alpha value is -1.66. The molecule has 0 fully saturated rings. The summed E-state index contributed by atoms with van der Waals surface area (Å²) in [6.07, 6.45) is 73.9. The summed E-state index contributed by atoms with van der Waals surface area (Å²) in [5, 5.41) is 23.0. The smallest absolute Gasteiger partial charge is 0.305 e. The van der Waals surface area contributed by atoms with Crippen LogP contribution in [0.15, 0.2) is 24.3 Å². The summed E-state index contributed by atoms with van der Waals surface area (Å²) in [7, 11) is 0. The first kappa shape index (κ1) is 68.3. The van der Waals surface area contributed by atoms with Crippen LogP contribution < -0.4 is 5.32 Å². The van der Waals surface area contributed by atoms with Crippen molar-refractivity contribution in [2.75, 3.05) is 13.2 Å². The molecule has 0 aromatic rings. The minimum absolute atomic E-state index is 0.0145. The molecule has 0 aliphatic heterocycles. The molecule has 3 N–H and O–H groups in total. The van der Waals surface area contributed by atoms with Crippen LogP contribution in [0.25, 0.3) is 0 Å². The highest BCUT2D eigenvalue weighted by Crippen LogP contribution is 2.18. The van der Waals surface area contributed by atoms with E-state index in [1.165, 1.54) is 276 Å². The van der Waals surface area contributed by atoms with Crippen LogP contribution in [0, 0.1) is 0 Å². The van der Waals surface area contributed by atoms with E-state index in [9.17, 15) is 19.8 Å². The molecule has 0 bridgehead atoms. The molecule has 70 heavy (non-hydrogen) atoms. The lowest BCUT2D eigenvalue weighted by Gasteiger charge is -2.20. The van der Waals surface area contributed by atoms with Crippen molar-refractivity contribution in [1.29, 1.82) is 0 Å². The van der Waals surface area contributed by atoms with Gasteiger partial charge in [0.1, 0.15) is 0 Å². The number of rotatable bonds is 59. The fourth-order valence-corrected chi connectivity index (χ4v) is 9.87. The van der Waals surface area contributed by atoms with Crippen molar-refractivity contribution in [3.8, 4) is 0 Å². The first-order valence-corrected chi connectivity index (χ1v) is 31.6. The average molecular weight is 987 g/mol. The molecule has 0 saturated carbocycles. The van der Waals surface area contributed by atoms with E-state index in [0.29, 0.717) is 19.4 Å². The third-order valence-corrected chi connectivity index (χ3v) is 14.7. The van der Waals surface area contributed by atoms with Crippen LogP contribution in [-0.4, -0.2) is 47.4 Å². The highest BCUT2D eigenvalue weighted by molar-refractivity contribution is 5.76. The van der Waals surface area contributed by atoms with E-state index in [2.05, 4.69) is 31.3 Å². The SMILES string of the molecule is CCCCCCCC/C=C\CCCCCCCCCC(=O)OCCCCCCCCCCCCCCCCCCCCCCCCCCCCCC(=O)NC(CO)C(O)/C=C/CCCCCCCCC. The number of nitrogens with one attached hydrogen (secondary N) is 1. The summed E-state index contributed by atoms with van der Waals surface area (Å²) >= 11 is 0. The Morgan fingerprint density at radius 2 is 0.671 bits per heavy atom. The molecule has 0 rings (SSSR count). The lowest BCUT2D eigenvalue weighted by atomic mass is 10.0. The van der Waals surface area contributed by atoms with Gasteiger partial charge in [-0.25, -0.2) is 0 Å². The van der Waals surface area contributed by atoms with Gasteiger partial charge in [0.2, 0.25) is 5.91 Å². The van der Waals surface area contributed by atoms with E-state index in [-0.39, 0.29) is 18.5 Å². The largest absolute Gasteiger partial charge is 0.466 e. The fourth-order valence-electron chi connectivity index (χ4n) is 9.87. The number of carbonyl (C=O) groups is 2. The Bertz CT molecular complexity index is 1090. The van der Waals surface area contributed by atoms with Gasteiger partial charge in [0.05, 0.1) is 25.4 Å². The quantitative estimate of drug-likeness (QED) is 0.0321. The second kappa shape index (κ2) is 59.9. The van der Waals surface area contributed by atoms with E-state index < -0.39 is 12.1 Å². The first-order valence-electron chi connectivity index (χ1n) is 31.6. The zero-order valence-electron chi connectivity index (χ0n) is 47.3. The molecule has 0 heterocycles. The first-order chi connectivity index (χ1) is 34.5. The van der Waals surface area contributed by atoms with Gasteiger partial charge in [-0.1, -0.05) is 301 Å². The molecular formula is C64H123NO5. The van der Waals surface area contributed by atoms with Gasteiger partial charge in [-0.2, -0.15) is 0 Å². The van der Waals surface area contributed by atoms with E-state index in [4.69, 9.17) is 4.74 Å². The zero-order valence-corrected chi connectivity index (χ0v) is 47.3. The van der Waals surface area contributed by atoms with Crippen molar-refractivity contribution in [1.82, 2.24) is 5.32 Å². The number of unbranched alkanes of at least 4 members (excludes halogenated alkanes) is 46. The number of hydrogen-bond donors (Lipinski definition) is 3. The molecule has 0 aromatic carbocycles. The van der Waals surface area contributed by atoms with Gasteiger partial charge in [-0.15, -0.1) is 0 Å². The van der Waals surface area contributed by atoms with Gasteiger partial charge in [0, 0.05) is 12.8 Å².